The summed E-state index contributed by atoms with van der Waals surface area (Å²) in [6.45, 7) is 0. The summed E-state index contributed by atoms with van der Waals surface area (Å²) in [7, 11) is 0.990. The zero-order chi connectivity index (χ0) is 19.5. The normalized spacial score (nSPS) is 12.0. The molecule has 0 radical (unpaired) electrons. The summed E-state index contributed by atoms with van der Waals surface area (Å²) in [5, 5.41) is 2.59. The highest BCUT2D eigenvalue weighted by molar-refractivity contribution is 5.96. The minimum absolute atomic E-state index is 0.0229. The molecular formula is C17H13F6NO2. The summed E-state index contributed by atoms with van der Waals surface area (Å²) in [5.74, 6) is -1.05. The number of benzene rings is 2. The monoisotopic (exact) mass is 377 g/mol. The topological polar surface area (TPSA) is 38.3 Å². The van der Waals surface area contributed by atoms with Gasteiger partial charge in [0.2, 0.25) is 0 Å². The standard InChI is InChI=1S/C17H13F6NO2/c1-26-15(25)12-8-11(17(21,22)23)6-7-14(12)24-13-5-3-2-4-10(13)9-16(18,19)20/h2-8,24H,9H2,1H3. The van der Waals surface area contributed by atoms with Gasteiger partial charge in [0.25, 0.3) is 0 Å². The number of alkyl halides is 6. The van der Waals surface area contributed by atoms with Crippen molar-refractivity contribution in [1.29, 1.82) is 0 Å². The number of esters is 1. The predicted octanol–water partition coefficient (Wildman–Crippen LogP) is 5.34. The molecule has 0 bridgehead atoms. The lowest BCUT2D eigenvalue weighted by atomic mass is 10.1. The Kier molecular flexibility index (Phi) is 5.48. The molecule has 0 heterocycles. The quantitative estimate of drug-likeness (QED) is 0.577. The first-order chi connectivity index (χ1) is 12.0. The van der Waals surface area contributed by atoms with Gasteiger partial charge in [-0.05, 0) is 29.8 Å². The highest BCUT2D eigenvalue weighted by atomic mass is 19.4. The molecule has 2 rings (SSSR count). The molecule has 26 heavy (non-hydrogen) atoms. The second kappa shape index (κ2) is 7.27. The van der Waals surface area contributed by atoms with Gasteiger partial charge in [-0.25, -0.2) is 4.79 Å². The highest BCUT2D eigenvalue weighted by Gasteiger charge is 2.32. The minimum atomic E-state index is -4.69. The van der Waals surface area contributed by atoms with Crippen LogP contribution < -0.4 is 5.32 Å². The number of anilines is 2. The van der Waals surface area contributed by atoms with Gasteiger partial charge in [0.15, 0.2) is 0 Å². The average Bonchev–Trinajstić information content (AvgIpc) is 2.54. The van der Waals surface area contributed by atoms with Crippen LogP contribution in [-0.2, 0) is 17.3 Å². The van der Waals surface area contributed by atoms with Crippen molar-refractivity contribution in [2.75, 3.05) is 12.4 Å². The smallest absolute Gasteiger partial charge is 0.416 e. The Morgan fingerprint density at radius 2 is 1.65 bits per heavy atom. The first-order valence-electron chi connectivity index (χ1n) is 7.22. The molecule has 0 aliphatic heterocycles. The molecule has 0 spiro atoms. The Morgan fingerprint density at radius 3 is 2.23 bits per heavy atom. The number of methoxy groups -OCH3 is 1. The number of ether oxygens (including phenoxy) is 1. The highest BCUT2D eigenvalue weighted by Crippen LogP contribution is 2.34. The van der Waals surface area contributed by atoms with Crippen LogP contribution in [0.15, 0.2) is 42.5 Å². The molecule has 0 aromatic heterocycles. The number of rotatable bonds is 4. The van der Waals surface area contributed by atoms with Crippen LogP contribution in [0.2, 0.25) is 0 Å². The summed E-state index contributed by atoms with van der Waals surface area (Å²) in [4.78, 5) is 11.8. The van der Waals surface area contributed by atoms with E-state index >= 15 is 0 Å². The van der Waals surface area contributed by atoms with Crippen LogP contribution in [0.3, 0.4) is 0 Å². The second-order valence-electron chi connectivity index (χ2n) is 5.32. The van der Waals surface area contributed by atoms with Gasteiger partial charge >= 0.3 is 18.3 Å². The van der Waals surface area contributed by atoms with Crippen molar-refractivity contribution in [3.8, 4) is 0 Å². The molecule has 3 nitrogen and oxygen atoms in total. The molecule has 0 aliphatic rings. The third-order valence-corrected chi connectivity index (χ3v) is 3.43. The van der Waals surface area contributed by atoms with Gasteiger partial charge in [0, 0.05) is 5.69 Å². The second-order valence-corrected chi connectivity index (χ2v) is 5.32. The summed E-state index contributed by atoms with van der Waals surface area (Å²) >= 11 is 0. The van der Waals surface area contributed by atoms with Gasteiger partial charge in [-0.2, -0.15) is 26.3 Å². The van der Waals surface area contributed by atoms with Crippen LogP contribution >= 0.6 is 0 Å². The van der Waals surface area contributed by atoms with E-state index in [4.69, 9.17) is 0 Å². The van der Waals surface area contributed by atoms with Crippen molar-refractivity contribution in [1.82, 2.24) is 0 Å². The first kappa shape index (κ1) is 19.6. The molecule has 0 amide bonds. The zero-order valence-corrected chi connectivity index (χ0v) is 13.3. The fourth-order valence-corrected chi connectivity index (χ4v) is 2.27. The van der Waals surface area contributed by atoms with E-state index < -0.39 is 35.9 Å². The molecule has 2 aromatic carbocycles. The Hall–Kier alpha value is -2.71. The Labute approximate surface area is 144 Å². The number of carbonyl (C=O) groups excluding carboxylic acids is 1. The molecule has 1 N–H and O–H groups in total. The number of para-hydroxylation sites is 1. The Balaban J connectivity index is 2.46. The molecule has 140 valence electrons. The number of hydrogen-bond donors (Lipinski definition) is 1. The molecule has 0 unspecified atom stereocenters. The molecule has 2 aromatic rings. The van der Waals surface area contributed by atoms with E-state index in [2.05, 4.69) is 10.1 Å². The lowest BCUT2D eigenvalue weighted by Crippen LogP contribution is -2.14. The van der Waals surface area contributed by atoms with Crippen LogP contribution in [-0.4, -0.2) is 19.3 Å². The first-order valence-corrected chi connectivity index (χ1v) is 7.22. The summed E-state index contributed by atoms with van der Waals surface area (Å²) < 4.78 is 81.0. The Bertz CT molecular complexity index is 799. The van der Waals surface area contributed by atoms with Gasteiger partial charge in [0.1, 0.15) is 0 Å². The van der Waals surface area contributed by atoms with Gasteiger partial charge in [-0.3, -0.25) is 0 Å². The lowest BCUT2D eigenvalue weighted by molar-refractivity contribution is -0.137. The SMILES string of the molecule is COC(=O)c1cc(C(F)(F)F)ccc1Nc1ccccc1CC(F)(F)F. The third kappa shape index (κ3) is 4.90. The van der Waals surface area contributed by atoms with Crippen LogP contribution in [0.4, 0.5) is 37.7 Å². The summed E-state index contributed by atoms with van der Waals surface area (Å²) in [5.41, 5.74) is -1.71. The van der Waals surface area contributed by atoms with Crippen molar-refractivity contribution in [2.45, 2.75) is 18.8 Å². The van der Waals surface area contributed by atoms with E-state index in [-0.39, 0.29) is 16.9 Å². The van der Waals surface area contributed by atoms with Crippen molar-refractivity contribution in [2.24, 2.45) is 0 Å². The maximum absolute atomic E-state index is 12.8. The largest absolute Gasteiger partial charge is 0.465 e. The minimum Gasteiger partial charge on any atom is -0.465 e. The maximum atomic E-state index is 12.8. The van der Waals surface area contributed by atoms with Crippen LogP contribution in [0.25, 0.3) is 0 Å². The molecule has 0 aliphatic carbocycles. The van der Waals surface area contributed by atoms with Crippen LogP contribution in [0.5, 0.6) is 0 Å². The fraction of sp³-hybridized carbons (Fsp3) is 0.235. The Morgan fingerprint density at radius 1 is 1.00 bits per heavy atom. The molecule has 0 saturated heterocycles. The zero-order valence-electron chi connectivity index (χ0n) is 13.3. The van der Waals surface area contributed by atoms with Gasteiger partial charge in [-0.15, -0.1) is 0 Å². The third-order valence-electron chi connectivity index (χ3n) is 3.43. The van der Waals surface area contributed by atoms with Crippen molar-refractivity contribution >= 4 is 17.3 Å². The lowest BCUT2D eigenvalue weighted by Gasteiger charge is -2.17. The van der Waals surface area contributed by atoms with Gasteiger partial charge in [-0.1, -0.05) is 18.2 Å². The summed E-state index contributed by atoms with van der Waals surface area (Å²) in [6.07, 6.45) is -10.4. The van der Waals surface area contributed by atoms with E-state index in [0.717, 1.165) is 19.2 Å². The number of carbonyl (C=O) groups is 1. The van der Waals surface area contributed by atoms with E-state index in [9.17, 15) is 31.1 Å². The number of hydrogen-bond acceptors (Lipinski definition) is 3. The van der Waals surface area contributed by atoms with Gasteiger partial charge in [0.05, 0.1) is 30.3 Å². The average molecular weight is 377 g/mol. The molecular weight excluding hydrogens is 364 g/mol. The fourth-order valence-electron chi connectivity index (χ4n) is 2.27. The van der Waals surface area contributed by atoms with Crippen molar-refractivity contribution in [3.63, 3.8) is 0 Å². The van der Waals surface area contributed by atoms with Gasteiger partial charge < -0.3 is 10.1 Å². The summed E-state index contributed by atoms with van der Waals surface area (Å²) in [6, 6.07) is 7.71. The van der Waals surface area contributed by atoms with E-state index in [1.54, 1.807) is 0 Å². The molecule has 9 heteroatoms. The van der Waals surface area contributed by atoms with E-state index in [1.165, 1.54) is 24.3 Å². The maximum Gasteiger partial charge on any atom is 0.416 e. The number of halogens is 6. The van der Waals surface area contributed by atoms with Crippen LogP contribution in [0.1, 0.15) is 21.5 Å². The molecule has 0 atom stereocenters. The molecule has 0 saturated carbocycles. The van der Waals surface area contributed by atoms with Crippen molar-refractivity contribution < 1.29 is 35.9 Å². The predicted molar refractivity (Wildman–Crippen MR) is 82.3 cm³/mol. The van der Waals surface area contributed by atoms with E-state index in [0.29, 0.717) is 6.07 Å². The van der Waals surface area contributed by atoms with Crippen LogP contribution in [0, 0.1) is 0 Å². The van der Waals surface area contributed by atoms with Crippen molar-refractivity contribution in [3.05, 3.63) is 59.2 Å². The van der Waals surface area contributed by atoms with E-state index in [1.807, 2.05) is 0 Å². The number of nitrogens with one attached hydrogen (secondary N) is 1. The molecule has 0 fully saturated rings.